The Morgan fingerprint density at radius 3 is 1.72 bits per heavy atom. The molecule has 0 amide bonds. The smallest absolute Gasteiger partial charge is 0.136 e. The SMILES string of the molecule is c1ccc(-c2cc3c(-c4c5ccccc5c(-c5ccc6ccccc6c5)c5ccccc45)c4c(cc3o2)sc2ccccc24)cc1. The quantitative estimate of drug-likeness (QED) is 0.183. The van der Waals surface area contributed by atoms with E-state index in [-0.39, 0.29) is 0 Å². The third kappa shape index (κ3) is 3.74. The van der Waals surface area contributed by atoms with Gasteiger partial charge in [-0.3, -0.25) is 0 Å². The number of hydrogen-bond donors (Lipinski definition) is 0. The van der Waals surface area contributed by atoms with Gasteiger partial charge in [-0.05, 0) is 73.3 Å². The van der Waals surface area contributed by atoms with Gasteiger partial charge in [0.05, 0.1) is 0 Å². The van der Waals surface area contributed by atoms with Crippen molar-refractivity contribution in [3.05, 3.63) is 158 Å². The lowest BCUT2D eigenvalue weighted by Crippen LogP contribution is -1.92. The second-order valence-corrected chi connectivity index (χ2v) is 13.1. The molecule has 2 aromatic heterocycles. The van der Waals surface area contributed by atoms with Crippen molar-refractivity contribution in [1.29, 1.82) is 0 Å². The van der Waals surface area contributed by atoms with Crippen LogP contribution in [0.25, 0.3) is 97.0 Å². The molecule has 0 saturated heterocycles. The lowest BCUT2D eigenvalue weighted by molar-refractivity contribution is 0.632. The van der Waals surface area contributed by atoms with Crippen molar-refractivity contribution in [3.8, 4) is 33.6 Å². The first-order valence-electron chi connectivity index (χ1n) is 15.7. The van der Waals surface area contributed by atoms with Gasteiger partial charge in [0.2, 0.25) is 0 Å². The van der Waals surface area contributed by atoms with Gasteiger partial charge in [0.1, 0.15) is 11.3 Å². The lowest BCUT2D eigenvalue weighted by Gasteiger charge is -2.19. The van der Waals surface area contributed by atoms with E-state index in [0.29, 0.717) is 0 Å². The molecule has 10 rings (SSSR count). The molecule has 10 aromatic rings. The van der Waals surface area contributed by atoms with Crippen LogP contribution in [0.1, 0.15) is 0 Å². The van der Waals surface area contributed by atoms with Crippen LogP contribution in [0.4, 0.5) is 0 Å². The van der Waals surface area contributed by atoms with Crippen molar-refractivity contribution in [2.24, 2.45) is 0 Å². The monoisotopic (exact) mass is 602 g/mol. The summed E-state index contributed by atoms with van der Waals surface area (Å²) in [5.74, 6) is 0.889. The molecule has 46 heavy (non-hydrogen) atoms. The van der Waals surface area contributed by atoms with Gasteiger partial charge in [0, 0.05) is 36.7 Å². The van der Waals surface area contributed by atoms with Crippen LogP contribution < -0.4 is 0 Å². The second kappa shape index (κ2) is 9.90. The van der Waals surface area contributed by atoms with Crippen LogP contribution in [-0.2, 0) is 0 Å². The molecule has 0 aliphatic carbocycles. The maximum Gasteiger partial charge on any atom is 0.136 e. The highest BCUT2D eigenvalue weighted by Gasteiger charge is 2.24. The van der Waals surface area contributed by atoms with E-state index in [2.05, 4.69) is 158 Å². The molecule has 0 aliphatic rings. The number of rotatable bonds is 3. The molecule has 0 N–H and O–H groups in total. The van der Waals surface area contributed by atoms with Gasteiger partial charge in [0.15, 0.2) is 0 Å². The third-order valence-electron chi connectivity index (χ3n) is 9.44. The van der Waals surface area contributed by atoms with Gasteiger partial charge in [-0.1, -0.05) is 133 Å². The molecule has 214 valence electrons. The van der Waals surface area contributed by atoms with E-state index in [9.17, 15) is 0 Å². The summed E-state index contributed by atoms with van der Waals surface area (Å²) in [7, 11) is 0. The topological polar surface area (TPSA) is 13.1 Å². The van der Waals surface area contributed by atoms with Gasteiger partial charge in [-0.2, -0.15) is 0 Å². The molecule has 2 heteroatoms. The van der Waals surface area contributed by atoms with Crippen LogP contribution in [0.3, 0.4) is 0 Å². The van der Waals surface area contributed by atoms with Crippen molar-refractivity contribution >= 4 is 74.8 Å². The van der Waals surface area contributed by atoms with Crippen molar-refractivity contribution in [2.75, 3.05) is 0 Å². The Bertz CT molecular complexity index is 2740. The first-order valence-corrected chi connectivity index (χ1v) is 16.5. The molecule has 1 nitrogen and oxygen atoms in total. The zero-order valence-electron chi connectivity index (χ0n) is 24.8. The Hall–Kier alpha value is -5.70. The van der Waals surface area contributed by atoms with Crippen LogP contribution in [0, 0.1) is 0 Å². The minimum Gasteiger partial charge on any atom is -0.456 e. The van der Waals surface area contributed by atoms with E-state index >= 15 is 0 Å². The summed E-state index contributed by atoms with van der Waals surface area (Å²) in [6, 6.07) is 57.2. The Morgan fingerprint density at radius 1 is 0.370 bits per heavy atom. The van der Waals surface area contributed by atoms with Crippen molar-refractivity contribution in [1.82, 2.24) is 0 Å². The molecule has 0 bridgehead atoms. The molecular formula is C44H26OS. The zero-order chi connectivity index (χ0) is 30.2. The molecule has 2 heterocycles. The van der Waals surface area contributed by atoms with Crippen LogP contribution in [0.2, 0.25) is 0 Å². The van der Waals surface area contributed by atoms with Crippen LogP contribution in [0.15, 0.2) is 162 Å². The fourth-order valence-electron chi connectivity index (χ4n) is 7.44. The van der Waals surface area contributed by atoms with Crippen LogP contribution in [-0.4, -0.2) is 0 Å². The summed E-state index contributed by atoms with van der Waals surface area (Å²) in [6.07, 6.45) is 0. The average Bonchev–Trinajstić information content (AvgIpc) is 3.71. The molecule has 0 saturated carbocycles. The normalized spacial score (nSPS) is 11.9. The minimum absolute atomic E-state index is 0.889. The third-order valence-corrected chi connectivity index (χ3v) is 10.6. The van der Waals surface area contributed by atoms with E-state index in [4.69, 9.17) is 4.42 Å². The van der Waals surface area contributed by atoms with Gasteiger partial charge in [0.25, 0.3) is 0 Å². The molecule has 0 aliphatic heterocycles. The van der Waals surface area contributed by atoms with Crippen molar-refractivity contribution in [3.63, 3.8) is 0 Å². The summed E-state index contributed by atoms with van der Waals surface area (Å²) in [6.45, 7) is 0. The van der Waals surface area contributed by atoms with Gasteiger partial charge in [-0.15, -0.1) is 11.3 Å². The van der Waals surface area contributed by atoms with E-state index in [1.165, 1.54) is 74.7 Å². The first kappa shape index (κ1) is 25.6. The van der Waals surface area contributed by atoms with Crippen LogP contribution >= 0.6 is 11.3 Å². The van der Waals surface area contributed by atoms with E-state index in [1.807, 2.05) is 11.3 Å². The van der Waals surface area contributed by atoms with Crippen molar-refractivity contribution in [2.45, 2.75) is 0 Å². The maximum atomic E-state index is 6.69. The van der Waals surface area contributed by atoms with Gasteiger partial charge in [-0.25, -0.2) is 0 Å². The summed E-state index contributed by atoms with van der Waals surface area (Å²) in [5.41, 5.74) is 7.01. The van der Waals surface area contributed by atoms with Gasteiger partial charge < -0.3 is 4.42 Å². The average molecular weight is 603 g/mol. The molecular weight excluding hydrogens is 577 g/mol. The number of furan rings is 1. The standard InChI is InChI=1S/C44H26OS/c1-2-13-28(14-3-1)37-25-36-38(45-37)26-40-43(35-20-10-11-21-39(35)46-40)44(36)42-33-18-8-6-16-31(33)41(32-17-7-9-19-34(32)42)30-23-22-27-12-4-5-15-29(27)24-30/h1-26H. The molecule has 0 atom stereocenters. The Labute approximate surface area is 269 Å². The fraction of sp³-hybridized carbons (Fsp3) is 0. The van der Waals surface area contributed by atoms with Gasteiger partial charge >= 0.3 is 0 Å². The number of thiophene rings is 1. The van der Waals surface area contributed by atoms with E-state index < -0.39 is 0 Å². The highest BCUT2D eigenvalue weighted by atomic mass is 32.1. The Morgan fingerprint density at radius 2 is 0.978 bits per heavy atom. The number of benzene rings is 8. The minimum atomic E-state index is 0.889. The predicted octanol–water partition coefficient (Wildman–Crippen LogP) is 13.3. The van der Waals surface area contributed by atoms with Crippen molar-refractivity contribution < 1.29 is 4.42 Å². The molecule has 0 unspecified atom stereocenters. The maximum absolute atomic E-state index is 6.69. The summed E-state index contributed by atoms with van der Waals surface area (Å²) in [4.78, 5) is 0. The van der Waals surface area contributed by atoms with E-state index in [0.717, 1.165) is 22.3 Å². The summed E-state index contributed by atoms with van der Waals surface area (Å²) < 4.78 is 9.21. The molecule has 0 fully saturated rings. The molecule has 0 spiro atoms. The van der Waals surface area contributed by atoms with E-state index in [1.54, 1.807) is 0 Å². The second-order valence-electron chi connectivity index (χ2n) is 12.0. The predicted molar refractivity (Wildman–Crippen MR) is 198 cm³/mol. The highest BCUT2D eigenvalue weighted by Crippen LogP contribution is 2.51. The largest absolute Gasteiger partial charge is 0.456 e. The molecule has 8 aromatic carbocycles. The number of hydrogen-bond acceptors (Lipinski definition) is 2. The molecule has 0 radical (unpaired) electrons. The summed E-state index contributed by atoms with van der Waals surface area (Å²) >= 11 is 1.84. The number of fused-ring (bicyclic) bond motifs is 7. The Kier molecular flexibility index (Phi) is 5.51. The Balaban J connectivity index is 1.40. The highest BCUT2D eigenvalue weighted by molar-refractivity contribution is 7.26. The summed E-state index contributed by atoms with van der Waals surface area (Å²) in [5, 5.41) is 11.2. The zero-order valence-corrected chi connectivity index (χ0v) is 25.6. The lowest BCUT2D eigenvalue weighted by atomic mass is 9.83. The first-order chi connectivity index (χ1) is 22.8. The van der Waals surface area contributed by atoms with Crippen LogP contribution in [0.5, 0.6) is 0 Å². The fourth-order valence-corrected chi connectivity index (χ4v) is 8.59.